The van der Waals surface area contributed by atoms with Crippen LogP contribution in [0.5, 0.6) is 11.5 Å². The summed E-state index contributed by atoms with van der Waals surface area (Å²) in [5.74, 6) is 1.26. The highest BCUT2D eigenvalue weighted by Gasteiger charge is 2.44. The Kier molecular flexibility index (Phi) is 10.4. The van der Waals surface area contributed by atoms with Gasteiger partial charge >= 0.3 is 6.03 Å². The Morgan fingerprint density at radius 3 is 2.78 bits per heavy atom. The van der Waals surface area contributed by atoms with Crippen LogP contribution in [0.15, 0.2) is 77.4 Å². The van der Waals surface area contributed by atoms with E-state index in [-0.39, 0.29) is 29.3 Å². The number of hydrogen-bond acceptors (Lipinski definition) is 8. The van der Waals surface area contributed by atoms with Crippen molar-refractivity contribution in [1.29, 1.82) is 0 Å². The van der Waals surface area contributed by atoms with Crippen molar-refractivity contribution in [3.63, 3.8) is 0 Å². The molecule has 4 heterocycles. The lowest BCUT2D eigenvalue weighted by Gasteiger charge is -2.46. The van der Waals surface area contributed by atoms with Gasteiger partial charge < -0.3 is 24.0 Å². The number of pyridine rings is 1. The fraction of sp³-hybridized carbons (Fsp3) is 0.488. The molecule has 6 atom stereocenters. The van der Waals surface area contributed by atoms with Crippen LogP contribution in [-0.4, -0.2) is 83.9 Å². The predicted molar refractivity (Wildman–Crippen MR) is 209 cm³/mol. The molecule has 1 spiro atoms. The molecule has 1 N–H and O–H groups in total. The summed E-state index contributed by atoms with van der Waals surface area (Å²) in [5, 5.41) is 0.739. The van der Waals surface area contributed by atoms with E-state index in [1.165, 1.54) is 16.0 Å². The number of hydrogen-bond donors (Lipinski definition) is 1. The number of fused-ring (bicyclic) bond motifs is 4. The number of halogens is 1. The maximum absolute atomic E-state index is 14.6. The first-order chi connectivity index (χ1) is 26.1. The molecular weight excluding hydrogens is 726 g/mol. The predicted octanol–water partition coefficient (Wildman–Crippen LogP) is 6.84. The lowest BCUT2D eigenvalue weighted by Crippen LogP contribution is -2.59. The van der Waals surface area contributed by atoms with Crippen LogP contribution in [0.25, 0.3) is 0 Å². The number of likely N-dealkylation sites (tertiary alicyclic amines) is 1. The number of benzene rings is 2. The minimum atomic E-state index is -3.53. The van der Waals surface area contributed by atoms with Crippen molar-refractivity contribution in [3.05, 3.63) is 94.8 Å². The van der Waals surface area contributed by atoms with Gasteiger partial charge in [-0.2, -0.15) is 0 Å². The molecule has 8 rings (SSSR count). The van der Waals surface area contributed by atoms with Gasteiger partial charge in [0.1, 0.15) is 27.5 Å². The Bertz CT molecular complexity index is 2050. The topological polar surface area (TPSA) is 123 Å². The summed E-state index contributed by atoms with van der Waals surface area (Å²) in [7, 11) is -1.76. The zero-order valence-corrected chi connectivity index (χ0v) is 32.4. The molecule has 2 aromatic carbocycles. The third kappa shape index (κ3) is 7.57. The number of anilines is 1. The standard InChI is InChI=1S/C41H48ClN5O6S/c1-27-6-3-9-37(51-2)34-13-10-30(34)21-47-25-41(16-4-7-28-18-31(42)12-14-35(28)41)26-52-38-15-11-29(19-36(38)47)39(48)44-54(50,24-27)45-40(49)46-22-33(23-46)53-32-8-5-17-43-20-32/h3,5,8-9,11-12,14-15,17-20,27,30,33-34,37H,4,6-7,10,13,16,21-26H2,1-2H3,(H,44,45,48,49,50)/b9-3+/t27-,30-,34+,37-,41-,54?/m0/s1. The second-order valence-corrected chi connectivity index (χ2v) is 18.1. The average molecular weight is 774 g/mol. The molecule has 13 heteroatoms. The van der Waals surface area contributed by atoms with Crippen LogP contribution < -0.4 is 19.1 Å². The molecule has 2 aliphatic carbocycles. The summed E-state index contributed by atoms with van der Waals surface area (Å²) < 4.78 is 40.2. The van der Waals surface area contributed by atoms with E-state index in [0.29, 0.717) is 61.6 Å². The molecular formula is C41H48ClN5O6S. The van der Waals surface area contributed by atoms with E-state index in [2.05, 4.69) is 43.3 Å². The van der Waals surface area contributed by atoms with Gasteiger partial charge in [-0.25, -0.2) is 9.00 Å². The summed E-state index contributed by atoms with van der Waals surface area (Å²) in [6.45, 7) is 4.57. The van der Waals surface area contributed by atoms with E-state index in [4.69, 9.17) is 25.8 Å². The first-order valence-electron chi connectivity index (χ1n) is 19.0. The second-order valence-electron chi connectivity index (χ2n) is 15.7. The van der Waals surface area contributed by atoms with Crippen molar-refractivity contribution in [3.8, 4) is 11.5 Å². The van der Waals surface area contributed by atoms with Gasteiger partial charge in [0.2, 0.25) is 0 Å². The number of carbonyl (C=O) groups excluding carboxylic acids is 2. The number of carbonyl (C=O) groups is 2. The van der Waals surface area contributed by atoms with Crippen LogP contribution in [0.1, 0.15) is 60.5 Å². The minimum Gasteiger partial charge on any atom is -0.490 e. The molecule has 0 radical (unpaired) electrons. The van der Waals surface area contributed by atoms with E-state index in [9.17, 15) is 13.8 Å². The number of aryl methyl sites for hydroxylation is 1. The highest BCUT2D eigenvalue weighted by Crippen LogP contribution is 2.47. The number of nitrogens with one attached hydrogen (secondary N) is 1. The molecule has 1 unspecified atom stereocenters. The van der Waals surface area contributed by atoms with Gasteiger partial charge in [-0.1, -0.05) is 36.7 Å². The Balaban J connectivity index is 1.11. The number of rotatable bonds is 4. The third-order valence-electron chi connectivity index (χ3n) is 11.8. The first kappa shape index (κ1) is 36.8. The summed E-state index contributed by atoms with van der Waals surface area (Å²) in [5.41, 5.74) is 3.39. The summed E-state index contributed by atoms with van der Waals surface area (Å²) in [4.78, 5) is 35.5. The Hall–Kier alpha value is -4.13. The molecule has 1 saturated carbocycles. The first-order valence-corrected chi connectivity index (χ1v) is 21.1. The molecule has 5 aliphatic rings. The van der Waals surface area contributed by atoms with Gasteiger partial charge in [-0.3, -0.25) is 14.5 Å². The van der Waals surface area contributed by atoms with E-state index in [0.717, 1.165) is 49.4 Å². The van der Waals surface area contributed by atoms with E-state index in [1.54, 1.807) is 31.6 Å². The number of allylic oxidation sites excluding steroid dienone is 1. The van der Waals surface area contributed by atoms with E-state index < -0.39 is 21.9 Å². The molecule has 2 fully saturated rings. The normalized spacial score (nSPS) is 30.3. The van der Waals surface area contributed by atoms with Crippen LogP contribution in [-0.2, 0) is 26.5 Å². The zero-order chi connectivity index (χ0) is 37.5. The van der Waals surface area contributed by atoms with Gasteiger partial charge in [-0.15, -0.1) is 4.36 Å². The van der Waals surface area contributed by atoms with Crippen molar-refractivity contribution >= 4 is 39.1 Å². The number of aromatic nitrogens is 1. The third-order valence-corrected chi connectivity index (χ3v) is 14.0. The number of ether oxygens (including phenoxy) is 3. The molecule has 2 bridgehead atoms. The zero-order valence-electron chi connectivity index (χ0n) is 30.8. The van der Waals surface area contributed by atoms with Crippen LogP contribution in [0, 0.1) is 17.8 Å². The number of nitrogens with zero attached hydrogens (tertiary/aromatic N) is 4. The summed E-state index contributed by atoms with van der Waals surface area (Å²) in [6, 6.07) is 14.6. The fourth-order valence-corrected chi connectivity index (χ4v) is 10.9. The summed E-state index contributed by atoms with van der Waals surface area (Å²) in [6.07, 6.45) is 12.9. The van der Waals surface area contributed by atoms with Crippen molar-refractivity contribution in [2.75, 3.05) is 50.5 Å². The van der Waals surface area contributed by atoms with Gasteiger partial charge in [0.25, 0.3) is 5.91 Å². The maximum atomic E-state index is 14.6. The Labute approximate surface area is 322 Å². The molecule has 3 aromatic rings. The minimum absolute atomic E-state index is 0.00803. The molecule has 11 nitrogen and oxygen atoms in total. The van der Waals surface area contributed by atoms with E-state index in [1.807, 2.05) is 31.2 Å². The van der Waals surface area contributed by atoms with Gasteiger partial charge in [0.15, 0.2) is 0 Å². The number of urea groups is 1. The maximum Gasteiger partial charge on any atom is 0.330 e. The quantitative estimate of drug-likeness (QED) is 0.286. The lowest BCUT2D eigenvalue weighted by molar-refractivity contribution is 0.0131. The van der Waals surface area contributed by atoms with Crippen LogP contribution in [0.2, 0.25) is 5.02 Å². The Morgan fingerprint density at radius 1 is 1.13 bits per heavy atom. The van der Waals surface area contributed by atoms with Crippen molar-refractivity contribution in [2.45, 2.75) is 63.1 Å². The monoisotopic (exact) mass is 773 g/mol. The largest absolute Gasteiger partial charge is 0.490 e. The molecule has 3 amide bonds. The van der Waals surface area contributed by atoms with Crippen LogP contribution in [0.3, 0.4) is 0 Å². The van der Waals surface area contributed by atoms with Gasteiger partial charge in [0.05, 0.1) is 43.4 Å². The molecule has 1 saturated heterocycles. The smallest absolute Gasteiger partial charge is 0.330 e. The fourth-order valence-electron chi connectivity index (χ4n) is 8.86. The van der Waals surface area contributed by atoms with Gasteiger partial charge in [0, 0.05) is 42.4 Å². The second kappa shape index (κ2) is 15.2. The highest BCUT2D eigenvalue weighted by atomic mass is 35.5. The molecule has 286 valence electrons. The van der Waals surface area contributed by atoms with Crippen LogP contribution >= 0.6 is 11.6 Å². The highest BCUT2D eigenvalue weighted by molar-refractivity contribution is 7.92. The van der Waals surface area contributed by atoms with Crippen molar-refractivity contribution in [2.24, 2.45) is 22.1 Å². The summed E-state index contributed by atoms with van der Waals surface area (Å²) >= 11 is 6.47. The number of amides is 3. The van der Waals surface area contributed by atoms with Crippen LogP contribution in [0.4, 0.5) is 10.5 Å². The Morgan fingerprint density at radius 2 is 2.00 bits per heavy atom. The van der Waals surface area contributed by atoms with Crippen molar-refractivity contribution in [1.82, 2.24) is 14.6 Å². The number of methoxy groups -OCH3 is 1. The van der Waals surface area contributed by atoms with Crippen molar-refractivity contribution < 1.29 is 28.0 Å². The average Bonchev–Trinajstić information content (AvgIpc) is 3.27. The molecule has 1 aromatic heterocycles. The lowest BCUT2D eigenvalue weighted by atomic mass is 9.68. The molecule has 54 heavy (non-hydrogen) atoms. The molecule has 3 aliphatic heterocycles. The van der Waals surface area contributed by atoms with Gasteiger partial charge in [-0.05, 0) is 110 Å². The van der Waals surface area contributed by atoms with E-state index >= 15 is 0 Å². The SMILES string of the molecule is CO[C@H]1/C=C/C[C@H](C)CS(=O)(NC(=O)N2CC(Oc3cccnc3)C2)=NC(=O)c2ccc3c(c2)N(C[C@@H]2CC[C@H]21)C[C@@]1(CCCc2cc(Cl)ccc21)CO3.